The van der Waals surface area contributed by atoms with E-state index in [4.69, 9.17) is 27.9 Å². The van der Waals surface area contributed by atoms with Crippen molar-refractivity contribution in [1.29, 1.82) is 0 Å². The molecule has 0 aliphatic rings. The van der Waals surface area contributed by atoms with Gasteiger partial charge in [-0.25, -0.2) is 4.79 Å². The molecule has 24 heavy (non-hydrogen) atoms. The lowest BCUT2D eigenvalue weighted by molar-refractivity contribution is 0.0459. The number of carbonyl (C=O) groups excluding carboxylic acids is 2. The molecular formula is C18H17Cl2NO3. The first kappa shape index (κ1) is 18.3. The number of anilines is 1. The number of hydrogen-bond acceptors (Lipinski definition) is 3. The molecule has 0 fully saturated rings. The molecule has 126 valence electrons. The van der Waals surface area contributed by atoms with Gasteiger partial charge in [0.1, 0.15) is 0 Å². The average Bonchev–Trinajstić information content (AvgIpc) is 2.53. The average molecular weight is 366 g/mol. The molecule has 2 rings (SSSR count). The molecule has 4 nitrogen and oxygen atoms in total. The molecule has 1 amide bonds. The van der Waals surface area contributed by atoms with Crippen molar-refractivity contribution >= 4 is 40.8 Å². The van der Waals surface area contributed by atoms with E-state index in [1.54, 1.807) is 36.4 Å². The van der Waals surface area contributed by atoms with Gasteiger partial charge < -0.3 is 10.1 Å². The lowest BCUT2D eigenvalue weighted by Gasteiger charge is -2.09. The van der Waals surface area contributed by atoms with E-state index >= 15 is 0 Å². The summed E-state index contributed by atoms with van der Waals surface area (Å²) in [6, 6.07) is 11.1. The first-order chi connectivity index (χ1) is 11.4. The van der Waals surface area contributed by atoms with E-state index in [1.165, 1.54) is 6.07 Å². The first-order valence-electron chi connectivity index (χ1n) is 7.40. The number of halogens is 2. The van der Waals surface area contributed by atoms with E-state index in [0.29, 0.717) is 28.4 Å². The molecule has 0 saturated heterocycles. The topological polar surface area (TPSA) is 55.4 Å². The number of esters is 1. The third-order valence-electron chi connectivity index (χ3n) is 3.10. The molecule has 0 atom stereocenters. The Hall–Kier alpha value is -2.04. The third-order valence-corrected chi connectivity index (χ3v) is 3.65. The summed E-state index contributed by atoms with van der Waals surface area (Å²) >= 11 is 11.8. The van der Waals surface area contributed by atoms with Gasteiger partial charge >= 0.3 is 5.97 Å². The second kappa shape index (κ2) is 8.18. The predicted molar refractivity (Wildman–Crippen MR) is 96.0 cm³/mol. The number of carbonyl (C=O) groups is 2. The standard InChI is InChI=1S/C18H17Cl2NO3/c1-11(2)10-24-18(23)12-3-6-14(7-4-12)21-17(22)15-8-5-13(19)9-16(15)20/h3-9,11H,10H2,1-2H3,(H,21,22). The minimum absolute atomic E-state index is 0.272. The number of benzene rings is 2. The third kappa shape index (κ3) is 4.98. The molecule has 0 aromatic heterocycles. The molecule has 0 spiro atoms. The minimum atomic E-state index is -0.387. The zero-order valence-corrected chi connectivity index (χ0v) is 14.8. The predicted octanol–water partition coefficient (Wildman–Crippen LogP) is 5.06. The Morgan fingerprint density at radius 1 is 1.08 bits per heavy atom. The van der Waals surface area contributed by atoms with Crippen LogP contribution in [0, 0.1) is 5.92 Å². The van der Waals surface area contributed by atoms with Crippen molar-refractivity contribution < 1.29 is 14.3 Å². The maximum absolute atomic E-state index is 12.2. The second-order valence-electron chi connectivity index (χ2n) is 5.65. The first-order valence-corrected chi connectivity index (χ1v) is 8.16. The molecule has 0 unspecified atom stereocenters. The molecule has 1 N–H and O–H groups in total. The molecule has 0 bridgehead atoms. The van der Waals surface area contributed by atoms with Gasteiger partial charge in [-0.1, -0.05) is 37.0 Å². The van der Waals surface area contributed by atoms with Gasteiger partial charge in [-0.15, -0.1) is 0 Å². The van der Waals surface area contributed by atoms with E-state index in [2.05, 4.69) is 5.32 Å². The van der Waals surface area contributed by atoms with Gasteiger partial charge in [-0.05, 0) is 48.4 Å². The fourth-order valence-electron chi connectivity index (χ4n) is 1.89. The highest BCUT2D eigenvalue weighted by Crippen LogP contribution is 2.22. The van der Waals surface area contributed by atoms with Gasteiger partial charge in [-0.3, -0.25) is 4.79 Å². The maximum atomic E-state index is 12.2. The van der Waals surface area contributed by atoms with Crippen LogP contribution in [0.5, 0.6) is 0 Å². The van der Waals surface area contributed by atoms with Crippen LogP contribution in [-0.4, -0.2) is 18.5 Å². The van der Waals surface area contributed by atoms with Crippen molar-refractivity contribution in [2.45, 2.75) is 13.8 Å². The highest BCUT2D eigenvalue weighted by Gasteiger charge is 2.12. The summed E-state index contributed by atoms with van der Waals surface area (Å²) in [4.78, 5) is 24.1. The summed E-state index contributed by atoms with van der Waals surface area (Å²) in [6.45, 7) is 4.30. The van der Waals surface area contributed by atoms with Crippen molar-refractivity contribution in [3.8, 4) is 0 Å². The van der Waals surface area contributed by atoms with Gasteiger partial charge in [-0.2, -0.15) is 0 Å². The van der Waals surface area contributed by atoms with Crippen molar-refractivity contribution in [3.63, 3.8) is 0 Å². The van der Waals surface area contributed by atoms with Crippen molar-refractivity contribution in [3.05, 3.63) is 63.6 Å². The summed E-state index contributed by atoms with van der Waals surface area (Å²) in [5, 5.41) is 3.45. The number of nitrogens with one attached hydrogen (secondary N) is 1. The summed E-state index contributed by atoms with van der Waals surface area (Å²) in [5.74, 6) is -0.467. The Balaban J connectivity index is 2.03. The summed E-state index contributed by atoms with van der Waals surface area (Å²) in [5.41, 5.74) is 1.30. The monoisotopic (exact) mass is 365 g/mol. The lowest BCUT2D eigenvalue weighted by Crippen LogP contribution is -2.13. The van der Waals surface area contributed by atoms with Gasteiger partial charge in [0.25, 0.3) is 5.91 Å². The van der Waals surface area contributed by atoms with Gasteiger partial charge in [0.05, 0.1) is 22.8 Å². The van der Waals surface area contributed by atoms with Crippen molar-refractivity contribution in [1.82, 2.24) is 0 Å². The molecule has 2 aromatic rings. The normalized spacial score (nSPS) is 10.5. The number of rotatable bonds is 5. The second-order valence-corrected chi connectivity index (χ2v) is 6.49. The van der Waals surface area contributed by atoms with Crippen LogP contribution in [0.3, 0.4) is 0 Å². The van der Waals surface area contributed by atoms with Crippen LogP contribution < -0.4 is 5.32 Å². The van der Waals surface area contributed by atoms with Crippen molar-refractivity contribution in [2.75, 3.05) is 11.9 Å². The van der Waals surface area contributed by atoms with Gasteiger partial charge in [0, 0.05) is 10.7 Å². The Morgan fingerprint density at radius 3 is 2.33 bits per heavy atom. The number of ether oxygens (including phenoxy) is 1. The molecule has 0 radical (unpaired) electrons. The zero-order valence-electron chi connectivity index (χ0n) is 13.3. The van der Waals surface area contributed by atoms with E-state index in [0.717, 1.165) is 0 Å². The Labute approximate surface area is 150 Å². The van der Waals surface area contributed by atoms with Crippen molar-refractivity contribution in [2.24, 2.45) is 5.92 Å². The van der Waals surface area contributed by atoms with Crippen LogP contribution in [0.25, 0.3) is 0 Å². The SMILES string of the molecule is CC(C)COC(=O)c1ccc(NC(=O)c2ccc(Cl)cc2Cl)cc1. The lowest BCUT2D eigenvalue weighted by atomic mass is 10.1. The summed E-state index contributed by atoms with van der Waals surface area (Å²) in [6.07, 6.45) is 0. The molecule has 0 saturated carbocycles. The van der Waals surface area contributed by atoms with Crippen LogP contribution in [-0.2, 0) is 4.74 Å². The summed E-state index contributed by atoms with van der Waals surface area (Å²) in [7, 11) is 0. The smallest absolute Gasteiger partial charge is 0.338 e. The largest absolute Gasteiger partial charge is 0.462 e. The molecule has 0 heterocycles. The number of amides is 1. The van der Waals surface area contributed by atoms with Gasteiger partial charge in [0.2, 0.25) is 0 Å². The van der Waals surface area contributed by atoms with Crippen LogP contribution in [0.15, 0.2) is 42.5 Å². The van der Waals surface area contributed by atoms with Gasteiger partial charge in [0.15, 0.2) is 0 Å². The van der Waals surface area contributed by atoms with Crippen LogP contribution >= 0.6 is 23.2 Å². The maximum Gasteiger partial charge on any atom is 0.338 e. The van der Waals surface area contributed by atoms with E-state index in [-0.39, 0.29) is 22.8 Å². The van der Waals surface area contributed by atoms with Crippen LogP contribution in [0.4, 0.5) is 5.69 Å². The summed E-state index contributed by atoms with van der Waals surface area (Å²) < 4.78 is 5.15. The fourth-order valence-corrected chi connectivity index (χ4v) is 2.38. The molecule has 0 aliphatic carbocycles. The number of hydrogen-bond donors (Lipinski definition) is 1. The van der Waals surface area contributed by atoms with Crippen LogP contribution in [0.2, 0.25) is 10.0 Å². The zero-order chi connectivity index (χ0) is 17.7. The highest BCUT2D eigenvalue weighted by molar-refractivity contribution is 6.37. The molecule has 2 aromatic carbocycles. The van der Waals surface area contributed by atoms with E-state index in [9.17, 15) is 9.59 Å². The Kier molecular flexibility index (Phi) is 6.23. The quantitative estimate of drug-likeness (QED) is 0.753. The van der Waals surface area contributed by atoms with E-state index < -0.39 is 0 Å². The molecular weight excluding hydrogens is 349 g/mol. The fraction of sp³-hybridized carbons (Fsp3) is 0.222. The van der Waals surface area contributed by atoms with Crippen LogP contribution in [0.1, 0.15) is 34.6 Å². The minimum Gasteiger partial charge on any atom is -0.462 e. The molecule has 6 heteroatoms. The Morgan fingerprint density at radius 2 is 1.75 bits per heavy atom. The highest BCUT2D eigenvalue weighted by atomic mass is 35.5. The molecule has 0 aliphatic heterocycles. The van der Waals surface area contributed by atoms with E-state index in [1.807, 2.05) is 13.8 Å². The Bertz CT molecular complexity index is 742.